The molecule has 5 nitrogen and oxygen atoms in total. The number of benzene rings is 1. The van der Waals surface area contributed by atoms with Crippen LogP contribution in [0, 0.1) is 5.92 Å². The van der Waals surface area contributed by atoms with Gasteiger partial charge in [-0.05, 0) is 57.3 Å². The molecular weight excluding hydrogens is 304 g/mol. The Morgan fingerprint density at radius 1 is 1.21 bits per heavy atom. The molecule has 3 rings (SSSR count). The Labute approximate surface area is 143 Å². The molecule has 0 bridgehead atoms. The highest BCUT2D eigenvalue weighted by molar-refractivity contribution is 5.93. The van der Waals surface area contributed by atoms with Gasteiger partial charge in [-0.1, -0.05) is 30.3 Å². The topological polar surface area (TPSA) is 49.9 Å². The van der Waals surface area contributed by atoms with Crippen LogP contribution in [0.1, 0.15) is 31.2 Å². The van der Waals surface area contributed by atoms with Crippen molar-refractivity contribution >= 4 is 12.0 Å². The summed E-state index contributed by atoms with van der Waals surface area (Å²) in [4.78, 5) is 28.2. The molecule has 5 heteroatoms. The highest BCUT2D eigenvalue weighted by atomic mass is 16.6. The molecule has 2 aliphatic rings. The highest BCUT2D eigenvalue weighted by Crippen LogP contribution is 2.24. The number of carbonyl (C=O) groups is 2. The van der Waals surface area contributed by atoms with Crippen molar-refractivity contribution in [1.82, 2.24) is 9.80 Å². The number of hydrogen-bond donors (Lipinski definition) is 0. The summed E-state index contributed by atoms with van der Waals surface area (Å²) in [7, 11) is 2.13. The van der Waals surface area contributed by atoms with Gasteiger partial charge in [-0.25, -0.2) is 9.69 Å². The number of amides is 2. The van der Waals surface area contributed by atoms with Crippen molar-refractivity contribution in [3.63, 3.8) is 0 Å². The van der Waals surface area contributed by atoms with E-state index < -0.39 is 6.09 Å². The molecule has 0 aliphatic carbocycles. The molecular formula is C19H26N2O3. The summed E-state index contributed by atoms with van der Waals surface area (Å²) in [5.41, 5.74) is 1.12. The highest BCUT2D eigenvalue weighted by Gasteiger charge is 2.37. The van der Waals surface area contributed by atoms with Gasteiger partial charge in [-0.15, -0.1) is 0 Å². The lowest BCUT2D eigenvalue weighted by atomic mass is 9.92. The van der Waals surface area contributed by atoms with Gasteiger partial charge in [0.15, 0.2) is 0 Å². The van der Waals surface area contributed by atoms with Crippen LogP contribution < -0.4 is 0 Å². The molecule has 0 saturated carbocycles. The van der Waals surface area contributed by atoms with Gasteiger partial charge in [0.1, 0.15) is 6.61 Å². The summed E-state index contributed by atoms with van der Waals surface area (Å²) in [5, 5.41) is 0. The largest absolute Gasteiger partial charge is 0.447 e. The Bertz CT molecular complexity index is 567. The summed E-state index contributed by atoms with van der Waals surface area (Å²) >= 11 is 0. The minimum absolute atomic E-state index is 0.0858. The molecule has 0 unspecified atom stereocenters. The summed E-state index contributed by atoms with van der Waals surface area (Å²) in [5.74, 6) is 0.508. The van der Waals surface area contributed by atoms with Crippen molar-refractivity contribution in [3.05, 3.63) is 35.9 Å². The van der Waals surface area contributed by atoms with Gasteiger partial charge in [0.2, 0.25) is 5.91 Å². The fraction of sp³-hybridized carbons (Fsp3) is 0.579. The van der Waals surface area contributed by atoms with E-state index in [1.165, 1.54) is 4.90 Å². The zero-order valence-corrected chi connectivity index (χ0v) is 14.3. The Morgan fingerprint density at radius 2 is 1.92 bits per heavy atom. The standard InChI is InChI=1S/C19H26N2O3/c1-20-11-9-15(10-12-20)7-8-18(22)21-17(14-24-19(21)23)13-16-5-3-2-4-6-16/h2-6,15,17H,7-14H2,1H3/t17-/m0/s1. The molecule has 2 amide bonds. The predicted octanol–water partition coefficient (Wildman–Crippen LogP) is 2.70. The van der Waals surface area contributed by atoms with E-state index in [4.69, 9.17) is 4.74 Å². The average molecular weight is 330 g/mol. The first-order chi connectivity index (χ1) is 11.6. The predicted molar refractivity (Wildman–Crippen MR) is 91.6 cm³/mol. The zero-order chi connectivity index (χ0) is 16.9. The van der Waals surface area contributed by atoms with Crippen LogP contribution in [0.3, 0.4) is 0 Å². The van der Waals surface area contributed by atoms with Crippen LogP contribution >= 0.6 is 0 Å². The fourth-order valence-electron chi connectivity index (χ4n) is 3.60. The van der Waals surface area contributed by atoms with Crippen molar-refractivity contribution in [2.24, 2.45) is 5.92 Å². The zero-order valence-electron chi connectivity index (χ0n) is 14.3. The van der Waals surface area contributed by atoms with Crippen LogP contribution in [0.4, 0.5) is 4.79 Å². The third-order valence-corrected chi connectivity index (χ3v) is 5.15. The van der Waals surface area contributed by atoms with Crippen molar-refractivity contribution in [3.8, 4) is 0 Å². The Kier molecular flexibility index (Phi) is 5.51. The molecule has 2 fully saturated rings. The van der Waals surface area contributed by atoms with Crippen molar-refractivity contribution in [2.75, 3.05) is 26.7 Å². The van der Waals surface area contributed by atoms with E-state index in [1.54, 1.807) is 0 Å². The van der Waals surface area contributed by atoms with Gasteiger partial charge in [0.25, 0.3) is 0 Å². The number of nitrogens with zero attached hydrogens (tertiary/aromatic N) is 2. The Hall–Kier alpha value is -1.88. The van der Waals surface area contributed by atoms with Gasteiger partial charge in [-0.2, -0.15) is 0 Å². The number of carbonyl (C=O) groups excluding carboxylic acids is 2. The van der Waals surface area contributed by atoms with E-state index in [1.807, 2.05) is 30.3 Å². The SMILES string of the molecule is CN1CCC(CCC(=O)N2C(=O)OC[C@@H]2Cc2ccccc2)CC1. The van der Waals surface area contributed by atoms with Crippen molar-refractivity contribution in [2.45, 2.75) is 38.1 Å². The molecule has 2 saturated heterocycles. The van der Waals surface area contributed by atoms with Crippen LogP contribution in [0.25, 0.3) is 0 Å². The molecule has 0 radical (unpaired) electrons. The fourth-order valence-corrected chi connectivity index (χ4v) is 3.60. The number of rotatable bonds is 5. The van der Waals surface area contributed by atoms with Gasteiger partial charge >= 0.3 is 6.09 Å². The van der Waals surface area contributed by atoms with E-state index in [9.17, 15) is 9.59 Å². The maximum Gasteiger partial charge on any atom is 0.416 e. The van der Waals surface area contributed by atoms with Crippen molar-refractivity contribution in [1.29, 1.82) is 0 Å². The number of piperidine rings is 1. The minimum atomic E-state index is -0.482. The lowest BCUT2D eigenvalue weighted by Gasteiger charge is -2.29. The van der Waals surface area contributed by atoms with E-state index in [0.29, 0.717) is 25.4 Å². The number of likely N-dealkylation sites (tertiary alicyclic amines) is 1. The molecule has 1 aromatic carbocycles. The second-order valence-electron chi connectivity index (χ2n) is 6.97. The first-order valence-corrected chi connectivity index (χ1v) is 8.85. The minimum Gasteiger partial charge on any atom is -0.447 e. The maximum absolute atomic E-state index is 12.6. The third-order valence-electron chi connectivity index (χ3n) is 5.15. The third kappa shape index (κ3) is 4.15. The lowest BCUT2D eigenvalue weighted by Crippen LogP contribution is -2.40. The number of cyclic esters (lactones) is 1. The van der Waals surface area contributed by atoms with E-state index in [0.717, 1.165) is 37.9 Å². The number of ether oxygens (including phenoxy) is 1. The Morgan fingerprint density at radius 3 is 2.62 bits per heavy atom. The summed E-state index contributed by atoms with van der Waals surface area (Å²) in [6.07, 6.45) is 3.77. The quantitative estimate of drug-likeness (QED) is 0.833. The smallest absolute Gasteiger partial charge is 0.416 e. The number of hydrogen-bond acceptors (Lipinski definition) is 4. The summed E-state index contributed by atoms with van der Waals surface area (Å²) in [6.45, 7) is 2.50. The van der Waals surface area contributed by atoms with Crippen LogP contribution in [0.2, 0.25) is 0 Å². The second-order valence-corrected chi connectivity index (χ2v) is 6.97. The van der Waals surface area contributed by atoms with Crippen LogP contribution in [-0.4, -0.2) is 54.6 Å². The Balaban J connectivity index is 1.54. The normalized spacial score (nSPS) is 22.6. The molecule has 0 spiro atoms. The lowest BCUT2D eigenvalue weighted by molar-refractivity contribution is -0.129. The second kappa shape index (κ2) is 7.79. The van der Waals surface area contributed by atoms with E-state index in [-0.39, 0.29) is 11.9 Å². The monoisotopic (exact) mass is 330 g/mol. The molecule has 2 heterocycles. The number of imide groups is 1. The average Bonchev–Trinajstić information content (AvgIpc) is 2.95. The van der Waals surface area contributed by atoms with Gasteiger partial charge in [0.05, 0.1) is 6.04 Å². The van der Waals surface area contributed by atoms with Crippen LogP contribution in [-0.2, 0) is 16.0 Å². The first kappa shape index (κ1) is 17.0. The van der Waals surface area contributed by atoms with Gasteiger partial charge in [0, 0.05) is 6.42 Å². The first-order valence-electron chi connectivity index (χ1n) is 8.85. The molecule has 130 valence electrons. The molecule has 0 aromatic heterocycles. The van der Waals surface area contributed by atoms with Gasteiger partial charge < -0.3 is 9.64 Å². The van der Waals surface area contributed by atoms with Gasteiger partial charge in [-0.3, -0.25) is 4.79 Å². The van der Waals surface area contributed by atoms with E-state index in [2.05, 4.69) is 11.9 Å². The molecule has 1 atom stereocenters. The van der Waals surface area contributed by atoms with Crippen molar-refractivity contribution < 1.29 is 14.3 Å². The molecule has 24 heavy (non-hydrogen) atoms. The van der Waals surface area contributed by atoms with Crippen LogP contribution in [0.15, 0.2) is 30.3 Å². The molecule has 2 aliphatic heterocycles. The van der Waals surface area contributed by atoms with Crippen LogP contribution in [0.5, 0.6) is 0 Å². The summed E-state index contributed by atoms with van der Waals surface area (Å²) in [6, 6.07) is 9.77. The maximum atomic E-state index is 12.6. The summed E-state index contributed by atoms with van der Waals surface area (Å²) < 4.78 is 5.14. The van der Waals surface area contributed by atoms with E-state index >= 15 is 0 Å². The molecule has 1 aromatic rings. The molecule has 0 N–H and O–H groups in total.